The monoisotopic (exact) mass is 154 g/mol. The molecule has 1 rings (SSSR count). The van der Waals surface area contributed by atoms with Crippen molar-refractivity contribution in [1.29, 1.82) is 0 Å². The zero-order valence-electron chi connectivity index (χ0n) is 5.52. The molecular formula is C6H6N2O3. The van der Waals surface area contributed by atoms with E-state index in [0.29, 0.717) is 5.69 Å². The molecule has 5 nitrogen and oxygen atoms in total. The molecule has 11 heavy (non-hydrogen) atoms. The normalized spacial score (nSPS) is 9.09. The van der Waals surface area contributed by atoms with Crippen LogP contribution in [-0.4, -0.2) is 16.2 Å². The predicted molar refractivity (Wildman–Crippen MR) is 37.3 cm³/mol. The summed E-state index contributed by atoms with van der Waals surface area (Å²) in [4.78, 5) is 13.6. The highest BCUT2D eigenvalue weighted by atomic mass is 16.7. The van der Waals surface area contributed by atoms with Gasteiger partial charge in [0.05, 0.1) is 11.9 Å². The van der Waals surface area contributed by atoms with Crippen molar-refractivity contribution in [3.05, 3.63) is 18.3 Å². The maximum absolute atomic E-state index is 9.96. The number of carboxylic acid groups (broad SMARTS) is 1. The Labute approximate surface area is 62.4 Å². The molecule has 0 radical (unpaired) electrons. The molecule has 1 aromatic heterocycles. The van der Waals surface area contributed by atoms with E-state index in [1.165, 1.54) is 18.3 Å². The van der Waals surface area contributed by atoms with E-state index in [2.05, 4.69) is 9.72 Å². The third kappa shape index (κ3) is 2.13. The number of hydrogen-bond donors (Lipinski definition) is 2. The molecule has 0 bridgehead atoms. The van der Waals surface area contributed by atoms with Gasteiger partial charge in [0.2, 0.25) is 5.88 Å². The standard InChI is InChI=1S/C6H6N2O3/c7-4-1-2-5(8-3-4)11-6(9)10/h1-3H,7H2,(H,9,10). The molecule has 0 fully saturated rings. The Morgan fingerprint density at radius 1 is 1.64 bits per heavy atom. The van der Waals surface area contributed by atoms with Crippen molar-refractivity contribution in [3.8, 4) is 5.88 Å². The largest absolute Gasteiger partial charge is 0.512 e. The van der Waals surface area contributed by atoms with Crippen molar-refractivity contribution in [2.75, 3.05) is 5.73 Å². The van der Waals surface area contributed by atoms with Gasteiger partial charge in [-0.15, -0.1) is 0 Å². The van der Waals surface area contributed by atoms with Crippen molar-refractivity contribution < 1.29 is 14.6 Å². The Hall–Kier alpha value is -1.78. The second-order valence-corrected chi connectivity index (χ2v) is 1.80. The van der Waals surface area contributed by atoms with Crippen LogP contribution in [0.5, 0.6) is 5.88 Å². The Morgan fingerprint density at radius 3 is 2.82 bits per heavy atom. The zero-order chi connectivity index (χ0) is 8.27. The molecule has 0 aliphatic heterocycles. The number of rotatable bonds is 1. The van der Waals surface area contributed by atoms with Gasteiger partial charge in [0.15, 0.2) is 0 Å². The van der Waals surface area contributed by atoms with Crippen LogP contribution in [0.4, 0.5) is 10.5 Å². The number of hydrogen-bond acceptors (Lipinski definition) is 4. The number of anilines is 1. The summed E-state index contributed by atoms with van der Waals surface area (Å²) in [5, 5.41) is 8.14. The fraction of sp³-hybridized carbons (Fsp3) is 0. The quantitative estimate of drug-likeness (QED) is 0.582. The first-order valence-corrected chi connectivity index (χ1v) is 2.81. The van der Waals surface area contributed by atoms with Crippen LogP contribution < -0.4 is 10.5 Å². The van der Waals surface area contributed by atoms with Crippen LogP contribution >= 0.6 is 0 Å². The Balaban J connectivity index is 2.74. The molecular weight excluding hydrogens is 148 g/mol. The second kappa shape index (κ2) is 2.87. The summed E-state index contributed by atoms with van der Waals surface area (Å²) in [6, 6.07) is 2.88. The molecule has 5 heteroatoms. The van der Waals surface area contributed by atoms with Gasteiger partial charge in [0.1, 0.15) is 0 Å². The van der Waals surface area contributed by atoms with Gasteiger partial charge in [-0.2, -0.15) is 0 Å². The first-order chi connectivity index (χ1) is 5.18. The van der Waals surface area contributed by atoms with E-state index in [1.54, 1.807) is 0 Å². The molecule has 0 saturated heterocycles. The number of nitrogens with two attached hydrogens (primary N) is 1. The number of nitrogens with zero attached hydrogens (tertiary/aromatic N) is 1. The van der Waals surface area contributed by atoms with Gasteiger partial charge in [0, 0.05) is 6.07 Å². The number of carbonyl (C=O) groups is 1. The molecule has 0 unspecified atom stereocenters. The summed E-state index contributed by atoms with van der Waals surface area (Å²) in [5.74, 6) is 0.0201. The molecule has 0 atom stereocenters. The van der Waals surface area contributed by atoms with E-state index >= 15 is 0 Å². The van der Waals surface area contributed by atoms with Crippen LogP contribution in [0.3, 0.4) is 0 Å². The smallest absolute Gasteiger partial charge is 0.449 e. The van der Waals surface area contributed by atoms with Crippen molar-refractivity contribution in [3.63, 3.8) is 0 Å². The highest BCUT2D eigenvalue weighted by Crippen LogP contribution is 2.07. The molecule has 58 valence electrons. The minimum absolute atomic E-state index is 0.0201. The molecule has 3 N–H and O–H groups in total. The molecule has 0 aromatic carbocycles. The highest BCUT2D eigenvalue weighted by Gasteiger charge is 1.99. The van der Waals surface area contributed by atoms with E-state index in [0.717, 1.165) is 0 Å². The first kappa shape index (κ1) is 7.33. The number of nitrogen functional groups attached to an aromatic ring is 1. The van der Waals surface area contributed by atoms with E-state index in [-0.39, 0.29) is 5.88 Å². The third-order valence-corrected chi connectivity index (χ3v) is 0.951. The predicted octanol–water partition coefficient (Wildman–Crippen LogP) is 0.721. The van der Waals surface area contributed by atoms with Crippen molar-refractivity contribution in [2.45, 2.75) is 0 Å². The van der Waals surface area contributed by atoms with Crippen LogP contribution in [0.25, 0.3) is 0 Å². The van der Waals surface area contributed by atoms with Gasteiger partial charge in [0.25, 0.3) is 0 Å². The summed E-state index contributed by atoms with van der Waals surface area (Å²) < 4.78 is 4.22. The van der Waals surface area contributed by atoms with Crippen LogP contribution in [0.15, 0.2) is 18.3 Å². The highest BCUT2D eigenvalue weighted by molar-refractivity contribution is 5.60. The average molecular weight is 154 g/mol. The van der Waals surface area contributed by atoms with Crippen LogP contribution in [0.1, 0.15) is 0 Å². The Morgan fingerprint density at radius 2 is 2.36 bits per heavy atom. The number of ether oxygens (including phenoxy) is 1. The van der Waals surface area contributed by atoms with Gasteiger partial charge in [-0.1, -0.05) is 0 Å². The molecule has 0 saturated carbocycles. The molecule has 0 spiro atoms. The molecule has 1 heterocycles. The van der Waals surface area contributed by atoms with Gasteiger partial charge >= 0.3 is 6.16 Å². The lowest BCUT2D eigenvalue weighted by atomic mass is 10.4. The molecule has 1 aromatic rings. The molecule has 0 amide bonds. The van der Waals surface area contributed by atoms with E-state index in [4.69, 9.17) is 10.8 Å². The zero-order valence-corrected chi connectivity index (χ0v) is 5.52. The van der Waals surface area contributed by atoms with E-state index in [9.17, 15) is 4.79 Å². The fourth-order valence-corrected chi connectivity index (χ4v) is 0.542. The van der Waals surface area contributed by atoms with Crippen LogP contribution in [-0.2, 0) is 0 Å². The summed E-state index contributed by atoms with van der Waals surface area (Å²) in [6.07, 6.45) is -0.0691. The third-order valence-electron chi connectivity index (χ3n) is 0.951. The molecule has 0 aliphatic carbocycles. The van der Waals surface area contributed by atoms with E-state index < -0.39 is 6.16 Å². The second-order valence-electron chi connectivity index (χ2n) is 1.80. The Bertz CT molecular complexity index is 257. The number of pyridine rings is 1. The first-order valence-electron chi connectivity index (χ1n) is 2.81. The van der Waals surface area contributed by atoms with Crippen molar-refractivity contribution in [2.24, 2.45) is 0 Å². The lowest BCUT2D eigenvalue weighted by Gasteiger charge is -1.96. The van der Waals surface area contributed by atoms with Gasteiger partial charge in [-0.05, 0) is 6.07 Å². The maximum Gasteiger partial charge on any atom is 0.512 e. The lowest BCUT2D eigenvalue weighted by Crippen LogP contribution is -2.04. The summed E-state index contributed by atoms with van der Waals surface area (Å²) in [7, 11) is 0. The van der Waals surface area contributed by atoms with Crippen LogP contribution in [0, 0.1) is 0 Å². The van der Waals surface area contributed by atoms with E-state index in [1.807, 2.05) is 0 Å². The van der Waals surface area contributed by atoms with Gasteiger partial charge < -0.3 is 15.6 Å². The van der Waals surface area contributed by atoms with Crippen molar-refractivity contribution in [1.82, 2.24) is 4.98 Å². The summed E-state index contributed by atoms with van der Waals surface area (Å²) in [6.45, 7) is 0. The molecule has 0 aliphatic rings. The number of aromatic nitrogens is 1. The van der Waals surface area contributed by atoms with Gasteiger partial charge in [-0.3, -0.25) is 0 Å². The fourth-order valence-electron chi connectivity index (χ4n) is 0.542. The summed E-state index contributed by atoms with van der Waals surface area (Å²) >= 11 is 0. The SMILES string of the molecule is Nc1ccc(OC(=O)O)nc1. The maximum atomic E-state index is 9.96. The minimum Gasteiger partial charge on any atom is -0.449 e. The lowest BCUT2D eigenvalue weighted by molar-refractivity contribution is 0.142. The Kier molecular flexibility index (Phi) is 1.91. The minimum atomic E-state index is -1.39. The van der Waals surface area contributed by atoms with Gasteiger partial charge in [-0.25, -0.2) is 9.78 Å². The van der Waals surface area contributed by atoms with Crippen molar-refractivity contribution >= 4 is 11.8 Å². The average Bonchev–Trinajstić information content (AvgIpc) is 1.93. The topological polar surface area (TPSA) is 85.4 Å². The summed E-state index contributed by atoms with van der Waals surface area (Å²) in [5.41, 5.74) is 5.75. The van der Waals surface area contributed by atoms with Crippen LogP contribution in [0.2, 0.25) is 0 Å².